The molecule has 118 valence electrons. The Balaban J connectivity index is 2.68. The topological polar surface area (TPSA) is 46.5 Å². The molecule has 0 aromatic heterocycles. The van der Waals surface area contributed by atoms with E-state index in [1.165, 1.54) is 5.56 Å². The van der Waals surface area contributed by atoms with Crippen LogP contribution in [0.5, 0.6) is 0 Å². The van der Waals surface area contributed by atoms with Crippen molar-refractivity contribution in [1.29, 1.82) is 0 Å². The lowest BCUT2D eigenvalue weighted by atomic mass is 9.82. The summed E-state index contributed by atoms with van der Waals surface area (Å²) in [4.78, 5) is 12.0. The molecule has 0 bridgehead atoms. The maximum absolute atomic E-state index is 12.0. The summed E-state index contributed by atoms with van der Waals surface area (Å²) in [6.45, 7) is 9.39. The first kappa shape index (κ1) is 17.7. The normalized spacial score (nSPS) is 14.8. The fourth-order valence-electron chi connectivity index (χ4n) is 2.21. The summed E-state index contributed by atoms with van der Waals surface area (Å²) in [5, 5.41) is 10.8. The van der Waals surface area contributed by atoms with E-state index in [2.05, 4.69) is 0 Å². The Kier molecular flexibility index (Phi) is 5.97. The molecule has 0 heterocycles. The second-order valence-corrected chi connectivity index (χ2v) is 7.01. The highest BCUT2D eigenvalue weighted by atomic mass is 16.6. The Labute approximate surface area is 128 Å². The van der Waals surface area contributed by atoms with Crippen molar-refractivity contribution >= 4 is 5.97 Å². The molecule has 0 saturated carbocycles. The fraction of sp³-hybridized carbons (Fsp3) is 0.611. The Morgan fingerprint density at radius 2 is 1.76 bits per heavy atom. The smallest absolute Gasteiger partial charge is 0.309 e. The van der Waals surface area contributed by atoms with Crippen LogP contribution in [0.4, 0.5) is 0 Å². The van der Waals surface area contributed by atoms with E-state index in [4.69, 9.17) is 4.74 Å². The third-order valence-corrected chi connectivity index (χ3v) is 3.63. The molecule has 1 N–H and O–H groups in total. The Hall–Kier alpha value is -1.35. The molecule has 3 heteroatoms. The molecule has 1 rings (SSSR count). The molecule has 0 aliphatic rings. The number of hydrogen-bond donors (Lipinski definition) is 1. The SMILES string of the molecule is CC(C)C(O)(CCc1ccccc1)CC(=O)OC(C)(C)C. The van der Waals surface area contributed by atoms with E-state index in [1.54, 1.807) is 0 Å². The summed E-state index contributed by atoms with van der Waals surface area (Å²) in [5.41, 5.74) is -0.382. The highest BCUT2D eigenvalue weighted by Crippen LogP contribution is 2.28. The minimum atomic E-state index is -1.03. The standard InChI is InChI=1S/C18H28O3/c1-14(2)18(20,13-16(19)21-17(3,4)5)12-11-15-9-7-6-8-10-15/h6-10,14,20H,11-13H2,1-5H3. The number of rotatable bonds is 6. The zero-order valence-electron chi connectivity index (χ0n) is 13.8. The van der Waals surface area contributed by atoms with Gasteiger partial charge >= 0.3 is 5.97 Å². The van der Waals surface area contributed by atoms with Gasteiger partial charge in [-0.3, -0.25) is 4.79 Å². The van der Waals surface area contributed by atoms with Crippen molar-refractivity contribution in [2.75, 3.05) is 0 Å². The molecule has 21 heavy (non-hydrogen) atoms. The minimum Gasteiger partial charge on any atom is -0.460 e. The zero-order chi connectivity index (χ0) is 16.1. The van der Waals surface area contributed by atoms with E-state index in [-0.39, 0.29) is 18.3 Å². The van der Waals surface area contributed by atoms with Gasteiger partial charge < -0.3 is 9.84 Å². The summed E-state index contributed by atoms with van der Waals surface area (Å²) in [6.07, 6.45) is 1.33. The van der Waals surface area contributed by atoms with Crippen LogP contribution < -0.4 is 0 Å². The van der Waals surface area contributed by atoms with Crippen LogP contribution in [0.3, 0.4) is 0 Å². The maximum atomic E-state index is 12.0. The van der Waals surface area contributed by atoms with Crippen LogP contribution >= 0.6 is 0 Å². The quantitative estimate of drug-likeness (QED) is 0.812. The largest absolute Gasteiger partial charge is 0.460 e. The lowest BCUT2D eigenvalue weighted by Gasteiger charge is -2.32. The van der Waals surface area contributed by atoms with Gasteiger partial charge in [0.05, 0.1) is 12.0 Å². The van der Waals surface area contributed by atoms with Gasteiger partial charge in [0.1, 0.15) is 5.60 Å². The number of carbonyl (C=O) groups is 1. The molecule has 3 nitrogen and oxygen atoms in total. The highest BCUT2D eigenvalue weighted by Gasteiger charge is 2.35. The number of aliphatic hydroxyl groups is 1. The number of benzene rings is 1. The van der Waals surface area contributed by atoms with Crippen LogP contribution in [0, 0.1) is 5.92 Å². The van der Waals surface area contributed by atoms with Gasteiger partial charge in [-0.1, -0.05) is 44.2 Å². The lowest BCUT2D eigenvalue weighted by molar-refractivity contribution is -0.162. The molecular weight excluding hydrogens is 264 g/mol. The molecule has 1 atom stereocenters. The summed E-state index contributed by atoms with van der Waals surface area (Å²) in [6, 6.07) is 10.0. The number of aryl methyl sites for hydroxylation is 1. The van der Waals surface area contributed by atoms with Gasteiger partial charge in [0.15, 0.2) is 0 Å². The first-order valence-electron chi connectivity index (χ1n) is 7.60. The van der Waals surface area contributed by atoms with Crippen molar-refractivity contribution in [2.24, 2.45) is 5.92 Å². The molecule has 0 radical (unpaired) electrons. The molecular formula is C18H28O3. The summed E-state index contributed by atoms with van der Waals surface area (Å²) in [5.74, 6) is -0.347. The minimum absolute atomic E-state index is 0.00580. The van der Waals surface area contributed by atoms with Crippen molar-refractivity contribution in [3.8, 4) is 0 Å². The second kappa shape index (κ2) is 7.08. The number of ether oxygens (including phenoxy) is 1. The molecule has 1 unspecified atom stereocenters. The van der Waals surface area contributed by atoms with Crippen LogP contribution in [-0.4, -0.2) is 22.3 Å². The van der Waals surface area contributed by atoms with E-state index >= 15 is 0 Å². The van der Waals surface area contributed by atoms with Gasteiger partial charge in [-0.2, -0.15) is 0 Å². The fourth-order valence-corrected chi connectivity index (χ4v) is 2.21. The van der Waals surface area contributed by atoms with Crippen LogP contribution in [0.2, 0.25) is 0 Å². The predicted molar refractivity (Wildman–Crippen MR) is 85.0 cm³/mol. The van der Waals surface area contributed by atoms with Crippen molar-refractivity contribution < 1.29 is 14.6 Å². The van der Waals surface area contributed by atoms with Crippen molar-refractivity contribution in [2.45, 2.75) is 65.1 Å². The number of carbonyl (C=O) groups excluding carboxylic acids is 1. The summed E-state index contributed by atoms with van der Waals surface area (Å²) in [7, 11) is 0. The van der Waals surface area contributed by atoms with Crippen molar-refractivity contribution in [3.63, 3.8) is 0 Å². The van der Waals surface area contributed by atoms with Gasteiger partial charge in [0, 0.05) is 0 Å². The Bertz CT molecular complexity index is 445. The second-order valence-electron chi connectivity index (χ2n) is 7.01. The average Bonchev–Trinajstić information content (AvgIpc) is 2.35. The molecule has 0 aliphatic carbocycles. The van der Waals surface area contributed by atoms with Crippen molar-refractivity contribution in [3.05, 3.63) is 35.9 Å². The Morgan fingerprint density at radius 3 is 2.24 bits per heavy atom. The first-order chi connectivity index (χ1) is 9.62. The van der Waals surface area contributed by atoms with Gasteiger partial charge in [0.25, 0.3) is 0 Å². The van der Waals surface area contributed by atoms with Crippen LogP contribution in [-0.2, 0) is 16.0 Å². The molecule has 0 fully saturated rings. The maximum Gasteiger partial charge on any atom is 0.309 e. The molecule has 1 aromatic carbocycles. The lowest BCUT2D eigenvalue weighted by Crippen LogP contribution is -2.40. The van der Waals surface area contributed by atoms with Gasteiger partial charge in [-0.25, -0.2) is 0 Å². The van der Waals surface area contributed by atoms with Crippen molar-refractivity contribution in [1.82, 2.24) is 0 Å². The van der Waals surface area contributed by atoms with E-state index in [0.29, 0.717) is 6.42 Å². The van der Waals surface area contributed by atoms with Gasteiger partial charge in [0.2, 0.25) is 0 Å². The Morgan fingerprint density at radius 1 is 1.19 bits per heavy atom. The first-order valence-corrected chi connectivity index (χ1v) is 7.60. The van der Waals surface area contributed by atoms with E-state index in [0.717, 1.165) is 6.42 Å². The average molecular weight is 292 g/mol. The summed E-state index contributed by atoms with van der Waals surface area (Å²) < 4.78 is 5.34. The van der Waals surface area contributed by atoms with E-state index < -0.39 is 11.2 Å². The highest BCUT2D eigenvalue weighted by molar-refractivity contribution is 5.71. The molecule has 0 spiro atoms. The molecule has 1 aromatic rings. The predicted octanol–water partition coefficient (Wildman–Crippen LogP) is 3.74. The van der Waals surface area contributed by atoms with E-state index in [9.17, 15) is 9.90 Å². The third kappa shape index (κ3) is 6.30. The monoisotopic (exact) mass is 292 g/mol. The zero-order valence-corrected chi connectivity index (χ0v) is 13.8. The number of esters is 1. The van der Waals surface area contributed by atoms with Gasteiger partial charge in [-0.05, 0) is 45.1 Å². The molecule has 0 saturated heterocycles. The molecule has 0 aliphatic heterocycles. The van der Waals surface area contributed by atoms with Crippen LogP contribution in [0.1, 0.15) is 53.0 Å². The van der Waals surface area contributed by atoms with E-state index in [1.807, 2.05) is 65.0 Å². The van der Waals surface area contributed by atoms with Gasteiger partial charge in [-0.15, -0.1) is 0 Å². The third-order valence-electron chi connectivity index (χ3n) is 3.63. The van der Waals surface area contributed by atoms with Crippen LogP contribution in [0.25, 0.3) is 0 Å². The molecule has 0 amide bonds. The number of hydrogen-bond acceptors (Lipinski definition) is 3. The van der Waals surface area contributed by atoms with Crippen LogP contribution in [0.15, 0.2) is 30.3 Å². The summed E-state index contributed by atoms with van der Waals surface area (Å²) >= 11 is 0.